The lowest BCUT2D eigenvalue weighted by Crippen LogP contribution is -2.24. The quantitative estimate of drug-likeness (QED) is 0.887. The molecule has 0 aliphatic heterocycles. The summed E-state index contributed by atoms with van der Waals surface area (Å²) in [6, 6.07) is 6.36. The summed E-state index contributed by atoms with van der Waals surface area (Å²) in [7, 11) is 0. The SMILES string of the molecule is O=C(O)c1ccc(CNC(=O)C2CC2c2c(F)cccc2F)o1. The number of furan rings is 1. The fourth-order valence-corrected chi connectivity index (χ4v) is 2.56. The van der Waals surface area contributed by atoms with Crippen molar-refractivity contribution in [1.82, 2.24) is 5.32 Å². The summed E-state index contributed by atoms with van der Waals surface area (Å²) in [6.07, 6.45) is 0.377. The lowest BCUT2D eigenvalue weighted by Gasteiger charge is -2.05. The standard InChI is InChI=1S/C16H13F2NO4/c17-11-2-1-3-12(18)14(11)9-6-10(9)15(20)19-7-8-4-5-13(23-8)16(21)22/h1-5,9-10H,6-7H2,(H,19,20)(H,21,22). The summed E-state index contributed by atoms with van der Waals surface area (Å²) in [5.74, 6) is -3.72. The lowest BCUT2D eigenvalue weighted by atomic mass is 10.1. The van der Waals surface area contributed by atoms with E-state index in [4.69, 9.17) is 9.52 Å². The van der Waals surface area contributed by atoms with Gasteiger partial charge in [0.1, 0.15) is 17.4 Å². The fourth-order valence-electron chi connectivity index (χ4n) is 2.56. The number of halogens is 2. The van der Waals surface area contributed by atoms with Crippen LogP contribution in [0.3, 0.4) is 0 Å². The number of aromatic carboxylic acids is 1. The van der Waals surface area contributed by atoms with Gasteiger partial charge in [0.15, 0.2) is 0 Å². The highest BCUT2D eigenvalue weighted by atomic mass is 19.1. The van der Waals surface area contributed by atoms with Gasteiger partial charge in [0, 0.05) is 17.4 Å². The molecule has 1 aromatic carbocycles. The normalized spacial score (nSPS) is 19.4. The van der Waals surface area contributed by atoms with Crippen LogP contribution in [0.2, 0.25) is 0 Å². The van der Waals surface area contributed by atoms with Crippen LogP contribution < -0.4 is 5.32 Å². The van der Waals surface area contributed by atoms with E-state index in [1.165, 1.54) is 30.3 Å². The highest BCUT2D eigenvalue weighted by Gasteiger charge is 2.46. The molecule has 23 heavy (non-hydrogen) atoms. The largest absolute Gasteiger partial charge is 0.475 e. The number of carbonyl (C=O) groups is 2. The molecule has 2 atom stereocenters. The summed E-state index contributed by atoms with van der Waals surface area (Å²) in [5.41, 5.74) is -0.0567. The average Bonchev–Trinajstić information content (AvgIpc) is 3.12. The van der Waals surface area contributed by atoms with E-state index in [1.54, 1.807) is 0 Å². The Labute approximate surface area is 129 Å². The maximum atomic E-state index is 13.7. The number of carbonyl (C=O) groups excluding carboxylic acids is 1. The smallest absolute Gasteiger partial charge is 0.371 e. The molecule has 1 aliphatic rings. The van der Waals surface area contributed by atoms with E-state index >= 15 is 0 Å². The molecule has 2 N–H and O–H groups in total. The number of benzene rings is 1. The van der Waals surface area contributed by atoms with Crippen LogP contribution in [-0.2, 0) is 11.3 Å². The van der Waals surface area contributed by atoms with E-state index in [2.05, 4.69) is 5.32 Å². The van der Waals surface area contributed by atoms with E-state index < -0.39 is 29.4 Å². The van der Waals surface area contributed by atoms with E-state index in [0.29, 0.717) is 12.2 Å². The number of amides is 1. The molecule has 7 heteroatoms. The van der Waals surface area contributed by atoms with Crippen molar-refractivity contribution in [3.05, 3.63) is 59.1 Å². The molecule has 1 heterocycles. The number of rotatable bonds is 5. The molecule has 0 saturated heterocycles. The van der Waals surface area contributed by atoms with Gasteiger partial charge in [0.05, 0.1) is 6.54 Å². The third-order valence-corrected chi connectivity index (χ3v) is 3.81. The molecule has 1 fully saturated rings. The number of carboxylic acid groups (broad SMARTS) is 1. The molecule has 3 rings (SSSR count). The van der Waals surface area contributed by atoms with Crippen LogP contribution in [-0.4, -0.2) is 17.0 Å². The first-order valence-electron chi connectivity index (χ1n) is 7.01. The minimum Gasteiger partial charge on any atom is -0.475 e. The van der Waals surface area contributed by atoms with Crippen molar-refractivity contribution in [2.75, 3.05) is 0 Å². The molecule has 1 saturated carbocycles. The second kappa shape index (κ2) is 5.83. The molecule has 2 aromatic rings. The Hall–Kier alpha value is -2.70. The van der Waals surface area contributed by atoms with Crippen molar-refractivity contribution in [2.45, 2.75) is 18.9 Å². The number of hydrogen-bond acceptors (Lipinski definition) is 3. The van der Waals surface area contributed by atoms with Crippen LogP contribution in [0.4, 0.5) is 8.78 Å². The van der Waals surface area contributed by atoms with Crippen LogP contribution in [0.1, 0.15) is 34.2 Å². The summed E-state index contributed by atoms with van der Waals surface area (Å²) in [5, 5.41) is 11.3. The number of hydrogen-bond donors (Lipinski definition) is 2. The van der Waals surface area contributed by atoms with Crippen LogP contribution in [0.5, 0.6) is 0 Å². The predicted octanol–water partition coefficient (Wildman–Crippen LogP) is 2.68. The average molecular weight is 321 g/mol. The van der Waals surface area contributed by atoms with E-state index in [0.717, 1.165) is 0 Å². The Balaban J connectivity index is 1.59. The zero-order chi connectivity index (χ0) is 16.6. The fraction of sp³-hybridized carbons (Fsp3) is 0.250. The Kier molecular flexibility index (Phi) is 3.85. The molecule has 0 radical (unpaired) electrons. The molecule has 0 bridgehead atoms. The van der Waals surface area contributed by atoms with Gasteiger partial charge in [-0.3, -0.25) is 4.79 Å². The van der Waals surface area contributed by atoms with E-state index in [1.807, 2.05) is 0 Å². The predicted molar refractivity (Wildman–Crippen MR) is 74.7 cm³/mol. The summed E-state index contributed by atoms with van der Waals surface area (Å²) in [4.78, 5) is 22.7. The van der Waals surface area contributed by atoms with Crippen molar-refractivity contribution in [1.29, 1.82) is 0 Å². The minimum absolute atomic E-state index is 0.0229. The molecular weight excluding hydrogens is 308 g/mol. The van der Waals surface area contributed by atoms with Gasteiger partial charge in [-0.15, -0.1) is 0 Å². The highest BCUT2D eigenvalue weighted by Crippen LogP contribution is 2.49. The zero-order valence-corrected chi connectivity index (χ0v) is 11.9. The summed E-state index contributed by atoms with van der Waals surface area (Å²) >= 11 is 0. The van der Waals surface area contributed by atoms with Crippen molar-refractivity contribution in [3.63, 3.8) is 0 Å². The van der Waals surface area contributed by atoms with Gasteiger partial charge < -0.3 is 14.8 Å². The Bertz CT molecular complexity index is 751. The maximum Gasteiger partial charge on any atom is 0.371 e. The first-order chi connectivity index (χ1) is 11.0. The van der Waals surface area contributed by atoms with Crippen molar-refractivity contribution < 1.29 is 27.9 Å². The van der Waals surface area contributed by atoms with Gasteiger partial charge in [-0.2, -0.15) is 0 Å². The Morgan fingerprint density at radius 2 is 1.91 bits per heavy atom. The monoisotopic (exact) mass is 321 g/mol. The third-order valence-electron chi connectivity index (χ3n) is 3.81. The van der Waals surface area contributed by atoms with Crippen LogP contribution in [0.15, 0.2) is 34.7 Å². The Morgan fingerprint density at radius 1 is 1.22 bits per heavy atom. The summed E-state index contributed by atoms with van der Waals surface area (Å²) < 4.78 is 32.3. The highest BCUT2D eigenvalue weighted by molar-refractivity contribution is 5.84. The molecule has 1 aromatic heterocycles. The molecule has 120 valence electrons. The number of nitrogens with one attached hydrogen (secondary N) is 1. The second-order valence-corrected chi connectivity index (χ2v) is 5.37. The van der Waals surface area contributed by atoms with Crippen LogP contribution in [0, 0.1) is 17.6 Å². The third kappa shape index (κ3) is 3.08. The number of carboxylic acids is 1. The first kappa shape index (κ1) is 15.2. The molecular formula is C16H13F2NO4. The van der Waals surface area contributed by atoms with Crippen LogP contribution >= 0.6 is 0 Å². The van der Waals surface area contributed by atoms with E-state index in [9.17, 15) is 18.4 Å². The first-order valence-corrected chi connectivity index (χ1v) is 7.01. The molecule has 2 unspecified atom stereocenters. The lowest BCUT2D eigenvalue weighted by molar-refractivity contribution is -0.122. The van der Waals surface area contributed by atoms with Crippen LogP contribution in [0.25, 0.3) is 0 Å². The minimum atomic E-state index is -1.19. The molecule has 1 amide bonds. The summed E-state index contributed by atoms with van der Waals surface area (Å²) in [6.45, 7) is 0.0229. The second-order valence-electron chi connectivity index (χ2n) is 5.37. The molecule has 1 aliphatic carbocycles. The topological polar surface area (TPSA) is 79.5 Å². The van der Waals surface area contributed by atoms with Crippen molar-refractivity contribution in [3.8, 4) is 0 Å². The molecule has 0 spiro atoms. The van der Waals surface area contributed by atoms with Gasteiger partial charge in [0.2, 0.25) is 11.7 Å². The zero-order valence-electron chi connectivity index (χ0n) is 11.9. The van der Waals surface area contributed by atoms with Gasteiger partial charge in [-0.1, -0.05) is 6.07 Å². The Morgan fingerprint density at radius 3 is 2.52 bits per heavy atom. The van der Waals surface area contributed by atoms with Crippen molar-refractivity contribution in [2.24, 2.45) is 5.92 Å². The van der Waals surface area contributed by atoms with Gasteiger partial charge in [-0.25, -0.2) is 13.6 Å². The molecule has 5 nitrogen and oxygen atoms in total. The van der Waals surface area contributed by atoms with Gasteiger partial charge in [0.25, 0.3) is 0 Å². The van der Waals surface area contributed by atoms with E-state index in [-0.39, 0.29) is 23.8 Å². The maximum absolute atomic E-state index is 13.7. The van der Waals surface area contributed by atoms with Gasteiger partial charge in [-0.05, 0) is 30.7 Å². The van der Waals surface area contributed by atoms with Gasteiger partial charge >= 0.3 is 5.97 Å². The van der Waals surface area contributed by atoms with Crippen molar-refractivity contribution >= 4 is 11.9 Å².